The van der Waals surface area contributed by atoms with E-state index in [2.05, 4.69) is 25.2 Å². The van der Waals surface area contributed by atoms with Crippen LogP contribution in [0.3, 0.4) is 0 Å². The van der Waals surface area contributed by atoms with E-state index in [0.29, 0.717) is 37.1 Å². The number of hydrogen-bond donors (Lipinski definition) is 2. The number of rotatable bonds is 13. The fourth-order valence-electron chi connectivity index (χ4n) is 5.25. The molecule has 2 fully saturated rings. The van der Waals surface area contributed by atoms with Gasteiger partial charge in [0.05, 0.1) is 6.26 Å². The van der Waals surface area contributed by atoms with E-state index in [1.807, 2.05) is 30.3 Å². The summed E-state index contributed by atoms with van der Waals surface area (Å²) < 4.78 is 31.5. The lowest BCUT2D eigenvalue weighted by Crippen LogP contribution is -2.54. The molecule has 0 aliphatic carbocycles. The summed E-state index contributed by atoms with van der Waals surface area (Å²) in [5.74, 6) is -1.26. The summed E-state index contributed by atoms with van der Waals surface area (Å²) in [6, 6.07) is 7.54. The van der Waals surface area contributed by atoms with Crippen molar-refractivity contribution < 1.29 is 32.3 Å². The van der Waals surface area contributed by atoms with Crippen molar-refractivity contribution in [1.29, 1.82) is 0 Å². The number of carbonyl (C=O) groups excluding carboxylic acids is 4. The maximum Gasteiger partial charge on any atom is 0.302 e. The van der Waals surface area contributed by atoms with Crippen LogP contribution in [0.2, 0.25) is 0 Å². The zero-order chi connectivity index (χ0) is 32.3. The third-order valence-electron chi connectivity index (χ3n) is 7.93. The molecule has 3 amide bonds. The SMILES string of the molecule is CC(=O)OC/C(C)=C(/C)C(=O)N=NCN1CCC(CNC(=O)[C@@H]2CCCN2C(=O)[C@@H](Cc2ccccc2)NS(C)(=O)=O)CC1. The van der Waals surface area contributed by atoms with Crippen molar-refractivity contribution in [3.63, 3.8) is 0 Å². The molecule has 1 aromatic carbocycles. The van der Waals surface area contributed by atoms with E-state index in [9.17, 15) is 27.6 Å². The van der Waals surface area contributed by atoms with E-state index in [4.69, 9.17) is 4.74 Å². The van der Waals surface area contributed by atoms with Crippen molar-refractivity contribution in [3.05, 3.63) is 47.0 Å². The van der Waals surface area contributed by atoms with Crippen LogP contribution in [0.1, 0.15) is 52.0 Å². The Bertz CT molecular complexity index is 1340. The number of carbonyl (C=O) groups is 4. The molecule has 2 aliphatic rings. The number of hydrogen-bond acceptors (Lipinski definition) is 9. The smallest absolute Gasteiger partial charge is 0.302 e. The summed E-state index contributed by atoms with van der Waals surface area (Å²) in [5, 5.41) is 10.8. The van der Waals surface area contributed by atoms with Crippen LogP contribution in [0, 0.1) is 5.92 Å². The molecule has 0 saturated carbocycles. The van der Waals surface area contributed by atoms with Gasteiger partial charge in [-0.1, -0.05) is 30.3 Å². The first-order valence-electron chi connectivity index (χ1n) is 14.9. The minimum Gasteiger partial charge on any atom is -0.461 e. The average molecular weight is 633 g/mol. The predicted molar refractivity (Wildman–Crippen MR) is 164 cm³/mol. The number of esters is 1. The van der Waals surface area contributed by atoms with Crippen molar-refractivity contribution in [2.24, 2.45) is 16.1 Å². The highest BCUT2D eigenvalue weighted by atomic mass is 32.2. The van der Waals surface area contributed by atoms with Crippen LogP contribution in [0.25, 0.3) is 0 Å². The Morgan fingerprint density at radius 1 is 1.02 bits per heavy atom. The zero-order valence-corrected chi connectivity index (χ0v) is 26.8. The highest BCUT2D eigenvalue weighted by Crippen LogP contribution is 2.21. The standard InChI is InChI=1S/C30H44N6O7S/c1-21(19-43-23(3)37)22(2)28(38)33-32-20-35-15-12-25(13-16-35)18-31-29(39)27-11-8-14-36(27)30(40)26(34-44(4,41)42)17-24-9-6-5-7-10-24/h5-7,9-10,25-27,34H,8,11-20H2,1-4H3,(H,31,39)/b22-21-,33-32?/t26-,27+/m1/s1. The lowest BCUT2D eigenvalue weighted by atomic mass is 9.97. The number of sulfonamides is 1. The monoisotopic (exact) mass is 632 g/mol. The molecule has 0 aromatic heterocycles. The molecule has 14 heteroatoms. The Labute approximate surface area is 259 Å². The average Bonchev–Trinajstić information content (AvgIpc) is 3.48. The van der Waals surface area contributed by atoms with Crippen LogP contribution in [-0.2, 0) is 40.4 Å². The quantitative estimate of drug-likeness (QED) is 0.189. The van der Waals surface area contributed by atoms with Gasteiger partial charge in [-0.05, 0) is 63.0 Å². The molecule has 0 radical (unpaired) electrons. The first-order valence-corrected chi connectivity index (χ1v) is 16.8. The number of likely N-dealkylation sites (tertiary alicyclic amines) is 2. The van der Waals surface area contributed by atoms with E-state index in [1.54, 1.807) is 13.8 Å². The van der Waals surface area contributed by atoms with Crippen LogP contribution in [0.5, 0.6) is 0 Å². The van der Waals surface area contributed by atoms with Gasteiger partial charge in [0.25, 0.3) is 5.91 Å². The molecular formula is C30H44N6O7S. The van der Waals surface area contributed by atoms with Gasteiger partial charge in [-0.15, -0.1) is 5.11 Å². The van der Waals surface area contributed by atoms with Crippen LogP contribution < -0.4 is 10.0 Å². The Morgan fingerprint density at radius 2 is 1.70 bits per heavy atom. The number of nitrogens with zero attached hydrogens (tertiary/aromatic N) is 4. The highest BCUT2D eigenvalue weighted by molar-refractivity contribution is 7.88. The fourth-order valence-corrected chi connectivity index (χ4v) is 5.95. The number of ether oxygens (including phenoxy) is 1. The summed E-state index contributed by atoms with van der Waals surface area (Å²) in [6.07, 6.45) is 4.06. The molecule has 0 unspecified atom stereocenters. The Balaban J connectivity index is 1.46. The summed E-state index contributed by atoms with van der Waals surface area (Å²) in [6.45, 7) is 7.30. The van der Waals surface area contributed by atoms with Gasteiger partial charge < -0.3 is 15.0 Å². The molecule has 1 aromatic rings. The molecule has 0 bridgehead atoms. The minimum atomic E-state index is -3.66. The van der Waals surface area contributed by atoms with Crippen molar-refractivity contribution in [2.45, 2.75) is 65.0 Å². The van der Waals surface area contributed by atoms with Crippen molar-refractivity contribution in [1.82, 2.24) is 19.8 Å². The molecule has 2 saturated heterocycles. The van der Waals surface area contributed by atoms with E-state index in [1.165, 1.54) is 11.8 Å². The minimum absolute atomic E-state index is 0.0384. The van der Waals surface area contributed by atoms with Gasteiger partial charge in [-0.25, -0.2) is 13.1 Å². The lowest BCUT2D eigenvalue weighted by molar-refractivity contribution is -0.140. The molecule has 3 rings (SSSR count). The number of amides is 3. The predicted octanol–water partition coefficient (Wildman–Crippen LogP) is 1.80. The van der Waals surface area contributed by atoms with Gasteiger partial charge in [-0.3, -0.25) is 24.1 Å². The molecule has 0 spiro atoms. The van der Waals surface area contributed by atoms with Crippen LogP contribution >= 0.6 is 0 Å². The zero-order valence-electron chi connectivity index (χ0n) is 26.0. The molecule has 2 N–H and O–H groups in total. The van der Waals surface area contributed by atoms with Gasteiger partial charge in [-0.2, -0.15) is 5.11 Å². The first-order chi connectivity index (χ1) is 20.8. The van der Waals surface area contributed by atoms with Crippen molar-refractivity contribution >= 4 is 33.7 Å². The third-order valence-corrected chi connectivity index (χ3v) is 8.64. The van der Waals surface area contributed by atoms with Gasteiger partial charge in [0, 0.05) is 38.7 Å². The molecule has 13 nitrogen and oxygen atoms in total. The molecule has 242 valence electrons. The number of nitrogens with one attached hydrogen (secondary N) is 2. The number of benzene rings is 1. The summed E-state index contributed by atoms with van der Waals surface area (Å²) in [7, 11) is -3.66. The fraction of sp³-hybridized carbons (Fsp3) is 0.600. The maximum atomic E-state index is 13.5. The van der Waals surface area contributed by atoms with E-state index < -0.39 is 39.9 Å². The molecular weight excluding hydrogens is 588 g/mol. The van der Waals surface area contributed by atoms with Gasteiger partial charge >= 0.3 is 5.97 Å². The number of azo groups is 1. The molecule has 44 heavy (non-hydrogen) atoms. The van der Waals surface area contributed by atoms with Crippen molar-refractivity contribution in [2.75, 3.05) is 45.7 Å². The summed E-state index contributed by atoms with van der Waals surface area (Å²) in [5.41, 5.74) is 1.83. The third kappa shape index (κ3) is 11.2. The van der Waals surface area contributed by atoms with E-state index in [0.717, 1.165) is 37.8 Å². The largest absolute Gasteiger partial charge is 0.461 e. The van der Waals surface area contributed by atoms with Crippen LogP contribution in [-0.4, -0.2) is 99.7 Å². The molecule has 2 atom stereocenters. The molecule has 2 heterocycles. The number of piperidine rings is 1. The Hall–Kier alpha value is -3.49. The summed E-state index contributed by atoms with van der Waals surface area (Å²) >= 11 is 0. The Kier molecular flexibility index (Phi) is 13.2. The van der Waals surface area contributed by atoms with Gasteiger partial charge in [0.2, 0.25) is 21.8 Å². The molecule has 2 aliphatic heterocycles. The van der Waals surface area contributed by atoms with Crippen LogP contribution in [0.15, 0.2) is 51.7 Å². The first kappa shape index (κ1) is 35.0. The Morgan fingerprint density at radius 3 is 2.34 bits per heavy atom. The normalized spacial score (nSPS) is 19.5. The van der Waals surface area contributed by atoms with Crippen molar-refractivity contribution in [3.8, 4) is 0 Å². The second-order valence-electron chi connectivity index (χ2n) is 11.5. The second-order valence-corrected chi connectivity index (χ2v) is 13.3. The van der Waals surface area contributed by atoms with Gasteiger partial charge in [0.1, 0.15) is 25.4 Å². The van der Waals surface area contributed by atoms with Gasteiger partial charge in [0.15, 0.2) is 0 Å². The highest BCUT2D eigenvalue weighted by Gasteiger charge is 2.38. The van der Waals surface area contributed by atoms with Crippen LogP contribution in [0.4, 0.5) is 0 Å². The van der Waals surface area contributed by atoms with E-state index >= 15 is 0 Å². The summed E-state index contributed by atoms with van der Waals surface area (Å²) in [4.78, 5) is 53.5. The van der Waals surface area contributed by atoms with E-state index in [-0.39, 0.29) is 31.5 Å². The second kappa shape index (κ2) is 16.5. The maximum absolute atomic E-state index is 13.5. The topological polar surface area (TPSA) is 167 Å². The lowest BCUT2D eigenvalue weighted by Gasteiger charge is -2.31.